The molecule has 0 aromatic heterocycles. The molecule has 2 aromatic carbocycles. The van der Waals surface area contributed by atoms with Crippen LogP contribution in [0.1, 0.15) is 25.0 Å². The molecule has 0 unspecified atom stereocenters. The van der Waals surface area contributed by atoms with Crippen molar-refractivity contribution in [1.29, 1.82) is 0 Å². The fraction of sp³-hybridized carbons (Fsp3) is 0.286. The van der Waals surface area contributed by atoms with Crippen molar-refractivity contribution in [3.05, 3.63) is 52.0 Å². The summed E-state index contributed by atoms with van der Waals surface area (Å²) in [5, 5.41) is 0. The van der Waals surface area contributed by atoms with Gasteiger partial charge in [0, 0.05) is 17.7 Å². The van der Waals surface area contributed by atoms with Crippen molar-refractivity contribution < 1.29 is 14.3 Å². The summed E-state index contributed by atoms with van der Waals surface area (Å²) in [6.45, 7) is 4.93. The number of para-hydroxylation sites is 1. The van der Waals surface area contributed by atoms with Gasteiger partial charge >= 0.3 is 0 Å². The van der Waals surface area contributed by atoms with Crippen LogP contribution in [-0.2, 0) is 4.79 Å². The van der Waals surface area contributed by atoms with Gasteiger partial charge in [-0.15, -0.1) is 0 Å². The van der Waals surface area contributed by atoms with Crippen LogP contribution in [0.25, 0.3) is 11.6 Å². The number of carbonyl (C=O) groups excluding carboxylic acids is 1. The number of carbonyl (C=O) groups is 1. The summed E-state index contributed by atoms with van der Waals surface area (Å²) in [4.78, 5) is 14.9. The van der Waals surface area contributed by atoms with E-state index in [1.165, 1.54) is 0 Å². The summed E-state index contributed by atoms with van der Waals surface area (Å²) in [6, 6.07) is 11.7. The molecule has 0 saturated carbocycles. The van der Waals surface area contributed by atoms with Crippen LogP contribution in [0, 0.1) is 5.92 Å². The zero-order chi connectivity index (χ0) is 18.8. The summed E-state index contributed by atoms with van der Waals surface area (Å²) < 4.78 is 11.6. The average molecular weight is 416 g/mol. The Morgan fingerprint density at radius 1 is 1.15 bits per heavy atom. The van der Waals surface area contributed by atoms with Crippen molar-refractivity contribution in [3.63, 3.8) is 0 Å². The van der Waals surface area contributed by atoms with Crippen LogP contribution in [0.15, 0.2) is 40.9 Å². The number of hydrogen-bond donors (Lipinski definition) is 0. The molecule has 136 valence electrons. The maximum absolute atomic E-state index is 13.1. The third kappa shape index (κ3) is 3.36. The predicted molar refractivity (Wildman–Crippen MR) is 109 cm³/mol. The molecule has 1 amide bonds. The molecule has 5 heteroatoms. The van der Waals surface area contributed by atoms with Gasteiger partial charge in [0.2, 0.25) is 0 Å². The summed E-state index contributed by atoms with van der Waals surface area (Å²) in [7, 11) is 3.20. The highest BCUT2D eigenvalue weighted by molar-refractivity contribution is 9.10. The van der Waals surface area contributed by atoms with Crippen molar-refractivity contribution in [2.75, 3.05) is 25.7 Å². The Hall–Kier alpha value is -2.27. The fourth-order valence-electron chi connectivity index (χ4n) is 3.18. The maximum Gasteiger partial charge on any atom is 0.259 e. The molecule has 0 spiro atoms. The zero-order valence-corrected chi connectivity index (χ0v) is 17.0. The Bertz CT molecular complexity index is 874. The molecule has 2 aromatic rings. The summed E-state index contributed by atoms with van der Waals surface area (Å²) in [6.07, 6.45) is 1.91. The van der Waals surface area contributed by atoms with Crippen LogP contribution < -0.4 is 14.4 Å². The molecular weight excluding hydrogens is 394 g/mol. The Morgan fingerprint density at radius 2 is 1.88 bits per heavy atom. The van der Waals surface area contributed by atoms with Crippen molar-refractivity contribution in [3.8, 4) is 11.5 Å². The van der Waals surface area contributed by atoms with E-state index in [0.717, 1.165) is 21.3 Å². The monoisotopic (exact) mass is 415 g/mol. The molecule has 0 bridgehead atoms. The van der Waals surface area contributed by atoms with E-state index in [4.69, 9.17) is 9.47 Å². The molecular formula is C21H22BrNO3. The van der Waals surface area contributed by atoms with Crippen molar-refractivity contribution in [2.45, 2.75) is 13.8 Å². The lowest BCUT2D eigenvalue weighted by Gasteiger charge is -2.19. The minimum absolute atomic E-state index is 0.0332. The molecule has 0 radical (unpaired) electrons. The Balaban J connectivity index is 2.09. The lowest BCUT2D eigenvalue weighted by Crippen LogP contribution is -2.30. The number of nitrogens with zero attached hydrogens (tertiary/aromatic N) is 1. The number of ether oxygens (including phenoxy) is 2. The minimum atomic E-state index is 0.0332. The van der Waals surface area contributed by atoms with E-state index in [0.29, 0.717) is 29.5 Å². The van der Waals surface area contributed by atoms with Gasteiger partial charge in [-0.2, -0.15) is 0 Å². The first kappa shape index (κ1) is 18.5. The molecule has 0 atom stereocenters. The third-order valence-electron chi connectivity index (χ3n) is 4.28. The Kier molecular flexibility index (Phi) is 5.37. The number of amides is 1. The van der Waals surface area contributed by atoms with Gasteiger partial charge in [0.25, 0.3) is 5.91 Å². The number of anilines is 1. The van der Waals surface area contributed by atoms with E-state index in [-0.39, 0.29) is 5.91 Å². The van der Waals surface area contributed by atoms with Crippen LogP contribution in [0.3, 0.4) is 0 Å². The topological polar surface area (TPSA) is 38.8 Å². The maximum atomic E-state index is 13.1. The second-order valence-electron chi connectivity index (χ2n) is 6.62. The quantitative estimate of drug-likeness (QED) is 0.644. The van der Waals surface area contributed by atoms with Gasteiger partial charge in [0.15, 0.2) is 11.5 Å². The summed E-state index contributed by atoms with van der Waals surface area (Å²) >= 11 is 3.51. The average Bonchev–Trinajstić information content (AvgIpc) is 2.87. The number of benzene rings is 2. The van der Waals surface area contributed by atoms with Crippen LogP contribution >= 0.6 is 15.9 Å². The zero-order valence-electron chi connectivity index (χ0n) is 15.4. The van der Waals surface area contributed by atoms with E-state index >= 15 is 0 Å². The van der Waals surface area contributed by atoms with E-state index < -0.39 is 0 Å². The van der Waals surface area contributed by atoms with Crippen molar-refractivity contribution in [1.82, 2.24) is 0 Å². The van der Waals surface area contributed by atoms with Gasteiger partial charge in [0.05, 0.1) is 24.4 Å². The van der Waals surface area contributed by atoms with Crippen LogP contribution in [-0.4, -0.2) is 26.7 Å². The SMILES string of the molecule is COc1cc(/C=C2\C(=O)N(CC(C)C)c3ccccc32)cc(Br)c1OC. The third-order valence-corrected chi connectivity index (χ3v) is 4.86. The van der Waals surface area contributed by atoms with Gasteiger partial charge in [-0.3, -0.25) is 4.79 Å². The first-order chi connectivity index (χ1) is 12.5. The van der Waals surface area contributed by atoms with E-state index in [9.17, 15) is 4.79 Å². The molecule has 1 aliphatic rings. The highest BCUT2D eigenvalue weighted by atomic mass is 79.9. The van der Waals surface area contributed by atoms with E-state index in [2.05, 4.69) is 29.8 Å². The fourth-order valence-corrected chi connectivity index (χ4v) is 3.80. The van der Waals surface area contributed by atoms with Crippen LogP contribution in [0.2, 0.25) is 0 Å². The summed E-state index contributed by atoms with van der Waals surface area (Å²) in [5.74, 6) is 1.67. The van der Waals surface area contributed by atoms with Crippen LogP contribution in [0.5, 0.6) is 11.5 Å². The first-order valence-corrected chi connectivity index (χ1v) is 9.30. The summed E-state index contributed by atoms with van der Waals surface area (Å²) in [5.41, 5.74) is 3.50. The second-order valence-corrected chi connectivity index (χ2v) is 7.48. The molecule has 1 heterocycles. The van der Waals surface area contributed by atoms with Gasteiger partial charge < -0.3 is 14.4 Å². The lowest BCUT2D eigenvalue weighted by atomic mass is 10.0. The number of rotatable bonds is 5. The van der Waals surface area contributed by atoms with Crippen LogP contribution in [0.4, 0.5) is 5.69 Å². The van der Waals surface area contributed by atoms with Gasteiger partial charge in [-0.1, -0.05) is 32.0 Å². The number of fused-ring (bicyclic) bond motifs is 1. The van der Waals surface area contributed by atoms with Gasteiger partial charge in [-0.25, -0.2) is 0 Å². The Labute approximate surface area is 162 Å². The number of hydrogen-bond acceptors (Lipinski definition) is 3. The molecule has 0 saturated heterocycles. The largest absolute Gasteiger partial charge is 0.493 e. The standard InChI is InChI=1S/C21H22BrNO3/c1-13(2)12-23-18-8-6-5-7-15(18)16(21(23)24)9-14-10-17(22)20(26-4)19(11-14)25-3/h5-11,13H,12H2,1-4H3/b16-9-. The molecule has 0 N–H and O–H groups in total. The number of halogens is 1. The second kappa shape index (κ2) is 7.54. The highest BCUT2D eigenvalue weighted by Gasteiger charge is 2.32. The molecule has 0 fully saturated rings. The molecule has 4 nitrogen and oxygen atoms in total. The molecule has 3 rings (SSSR count). The molecule has 0 aliphatic carbocycles. The predicted octanol–water partition coefficient (Wildman–Crippen LogP) is 5.01. The molecule has 1 aliphatic heterocycles. The van der Waals surface area contributed by atoms with Gasteiger partial charge in [-0.05, 0) is 51.7 Å². The van der Waals surface area contributed by atoms with Crippen molar-refractivity contribution in [2.24, 2.45) is 5.92 Å². The smallest absolute Gasteiger partial charge is 0.259 e. The normalized spacial score (nSPS) is 14.9. The van der Waals surface area contributed by atoms with E-state index in [1.807, 2.05) is 47.4 Å². The Morgan fingerprint density at radius 3 is 2.54 bits per heavy atom. The van der Waals surface area contributed by atoms with E-state index in [1.54, 1.807) is 14.2 Å². The van der Waals surface area contributed by atoms with Crippen molar-refractivity contribution >= 4 is 39.2 Å². The van der Waals surface area contributed by atoms with Gasteiger partial charge in [0.1, 0.15) is 0 Å². The molecule has 26 heavy (non-hydrogen) atoms. The number of methoxy groups -OCH3 is 2. The lowest BCUT2D eigenvalue weighted by molar-refractivity contribution is -0.113. The first-order valence-electron chi connectivity index (χ1n) is 8.50. The minimum Gasteiger partial charge on any atom is -0.493 e. The highest BCUT2D eigenvalue weighted by Crippen LogP contribution is 2.40.